The molecule has 0 aromatic heterocycles. The van der Waals surface area contributed by atoms with Gasteiger partial charge in [-0.05, 0) is 49.4 Å². The van der Waals surface area contributed by atoms with E-state index in [2.05, 4.69) is 20.8 Å². The molecule has 0 aliphatic heterocycles. The van der Waals surface area contributed by atoms with E-state index < -0.39 is 0 Å². The first-order chi connectivity index (χ1) is 7.46. The van der Waals surface area contributed by atoms with E-state index in [-0.39, 0.29) is 18.1 Å². The van der Waals surface area contributed by atoms with Gasteiger partial charge < -0.3 is 10.8 Å². The molecule has 2 nitrogen and oxygen atoms in total. The molecule has 0 spiro atoms. The van der Waals surface area contributed by atoms with Gasteiger partial charge in [0.15, 0.2) is 0 Å². The molecule has 3 N–H and O–H groups in total. The predicted octanol–water partition coefficient (Wildman–Crippen LogP) is 3.08. The van der Waals surface area contributed by atoms with Crippen molar-refractivity contribution >= 4 is 0 Å². The highest BCUT2D eigenvalue weighted by Crippen LogP contribution is 2.46. The standard InChI is InChI=1S/C14H29NO/c1-4-12(15)14(10-11-16)7-5-6-13(2,3)8-9-14/h12,16H,4-11,15H2,1-3H3. The van der Waals surface area contributed by atoms with Crippen LogP contribution in [0.25, 0.3) is 0 Å². The molecule has 2 unspecified atom stereocenters. The van der Waals surface area contributed by atoms with Crippen LogP contribution in [-0.2, 0) is 0 Å². The van der Waals surface area contributed by atoms with Crippen molar-refractivity contribution in [1.29, 1.82) is 0 Å². The molecule has 0 radical (unpaired) electrons. The van der Waals surface area contributed by atoms with Crippen molar-refractivity contribution < 1.29 is 5.11 Å². The Kier molecular flexibility index (Phi) is 4.81. The molecular weight excluding hydrogens is 198 g/mol. The minimum absolute atomic E-state index is 0.206. The Morgan fingerprint density at radius 2 is 1.88 bits per heavy atom. The van der Waals surface area contributed by atoms with Gasteiger partial charge in [0.05, 0.1) is 0 Å². The third-order valence-corrected chi connectivity index (χ3v) is 4.66. The maximum Gasteiger partial charge on any atom is 0.0436 e. The van der Waals surface area contributed by atoms with E-state index in [1.807, 2.05) is 0 Å². The van der Waals surface area contributed by atoms with Crippen LogP contribution in [0.15, 0.2) is 0 Å². The molecule has 2 atom stereocenters. The quantitative estimate of drug-likeness (QED) is 0.725. The van der Waals surface area contributed by atoms with Gasteiger partial charge in [0, 0.05) is 12.6 Å². The summed E-state index contributed by atoms with van der Waals surface area (Å²) < 4.78 is 0. The molecule has 1 aliphatic carbocycles. The third-order valence-electron chi connectivity index (χ3n) is 4.66. The second kappa shape index (κ2) is 5.50. The molecule has 1 saturated carbocycles. The number of hydrogen-bond acceptors (Lipinski definition) is 2. The summed E-state index contributed by atoms with van der Waals surface area (Å²) in [4.78, 5) is 0. The van der Waals surface area contributed by atoms with E-state index in [0.717, 1.165) is 12.8 Å². The molecule has 16 heavy (non-hydrogen) atoms. The molecule has 1 rings (SSSR count). The zero-order chi connectivity index (χ0) is 12.2. The highest BCUT2D eigenvalue weighted by molar-refractivity contribution is 4.92. The van der Waals surface area contributed by atoms with Crippen LogP contribution in [0.5, 0.6) is 0 Å². The first kappa shape index (κ1) is 14.0. The van der Waals surface area contributed by atoms with Crippen LogP contribution < -0.4 is 5.73 Å². The molecule has 2 heteroatoms. The minimum atomic E-state index is 0.206. The van der Waals surface area contributed by atoms with Gasteiger partial charge in [-0.2, -0.15) is 0 Å². The number of aliphatic hydroxyl groups is 1. The predicted molar refractivity (Wildman–Crippen MR) is 69.3 cm³/mol. The van der Waals surface area contributed by atoms with E-state index in [0.29, 0.717) is 5.41 Å². The molecule has 0 saturated heterocycles. The van der Waals surface area contributed by atoms with Gasteiger partial charge in [0.25, 0.3) is 0 Å². The van der Waals surface area contributed by atoms with Crippen LogP contribution in [0.3, 0.4) is 0 Å². The zero-order valence-corrected chi connectivity index (χ0v) is 11.3. The third kappa shape index (κ3) is 3.21. The van der Waals surface area contributed by atoms with Crippen LogP contribution in [0, 0.1) is 10.8 Å². The molecule has 0 bridgehead atoms. The van der Waals surface area contributed by atoms with E-state index >= 15 is 0 Å². The Morgan fingerprint density at radius 3 is 2.44 bits per heavy atom. The molecular formula is C14H29NO. The highest BCUT2D eigenvalue weighted by atomic mass is 16.3. The summed E-state index contributed by atoms with van der Waals surface area (Å²) in [5.41, 5.74) is 6.98. The lowest BCUT2D eigenvalue weighted by molar-refractivity contribution is 0.119. The fourth-order valence-corrected chi connectivity index (χ4v) is 3.22. The van der Waals surface area contributed by atoms with Gasteiger partial charge in [-0.15, -0.1) is 0 Å². The lowest BCUT2D eigenvalue weighted by Crippen LogP contribution is -2.42. The second-order valence-electron chi connectivity index (χ2n) is 6.37. The zero-order valence-electron chi connectivity index (χ0n) is 11.3. The average molecular weight is 227 g/mol. The largest absolute Gasteiger partial charge is 0.396 e. The number of hydrogen-bond donors (Lipinski definition) is 2. The van der Waals surface area contributed by atoms with Crippen LogP contribution >= 0.6 is 0 Å². The van der Waals surface area contributed by atoms with Gasteiger partial charge in [0.1, 0.15) is 0 Å². The van der Waals surface area contributed by atoms with Crippen molar-refractivity contribution in [2.45, 2.75) is 71.8 Å². The van der Waals surface area contributed by atoms with Gasteiger partial charge in [-0.25, -0.2) is 0 Å². The normalized spacial score (nSPS) is 32.1. The number of rotatable bonds is 4. The lowest BCUT2D eigenvalue weighted by atomic mass is 9.70. The van der Waals surface area contributed by atoms with E-state index in [1.165, 1.54) is 32.1 Å². The summed E-state index contributed by atoms with van der Waals surface area (Å²) >= 11 is 0. The van der Waals surface area contributed by atoms with Crippen molar-refractivity contribution in [2.24, 2.45) is 16.6 Å². The summed E-state index contributed by atoms with van der Waals surface area (Å²) in [6.45, 7) is 7.17. The van der Waals surface area contributed by atoms with Crippen molar-refractivity contribution in [3.05, 3.63) is 0 Å². The monoisotopic (exact) mass is 227 g/mol. The second-order valence-corrected chi connectivity index (χ2v) is 6.37. The van der Waals surface area contributed by atoms with Gasteiger partial charge >= 0.3 is 0 Å². The lowest BCUT2D eigenvalue weighted by Gasteiger charge is -2.38. The van der Waals surface area contributed by atoms with Crippen LogP contribution in [0.2, 0.25) is 0 Å². The molecule has 1 fully saturated rings. The molecule has 96 valence electrons. The summed E-state index contributed by atoms with van der Waals surface area (Å²) in [7, 11) is 0. The Hall–Kier alpha value is -0.0800. The van der Waals surface area contributed by atoms with E-state index in [1.54, 1.807) is 0 Å². The summed E-state index contributed by atoms with van der Waals surface area (Å²) in [6.07, 6.45) is 8.12. The minimum Gasteiger partial charge on any atom is -0.396 e. The summed E-state index contributed by atoms with van der Waals surface area (Å²) in [6, 6.07) is 0.258. The maximum atomic E-state index is 9.29. The van der Waals surface area contributed by atoms with Crippen LogP contribution in [0.4, 0.5) is 0 Å². The summed E-state index contributed by atoms with van der Waals surface area (Å²) in [5, 5.41) is 9.29. The van der Waals surface area contributed by atoms with Gasteiger partial charge in [-0.1, -0.05) is 27.2 Å². The average Bonchev–Trinajstić information content (AvgIpc) is 2.38. The first-order valence-corrected chi connectivity index (χ1v) is 6.82. The Labute approximate surface area is 101 Å². The Morgan fingerprint density at radius 1 is 1.19 bits per heavy atom. The van der Waals surface area contributed by atoms with E-state index in [9.17, 15) is 5.11 Å². The number of nitrogens with two attached hydrogens (primary N) is 1. The molecule has 0 aromatic rings. The van der Waals surface area contributed by atoms with Gasteiger partial charge in [0.2, 0.25) is 0 Å². The van der Waals surface area contributed by atoms with Crippen molar-refractivity contribution in [3.8, 4) is 0 Å². The first-order valence-electron chi connectivity index (χ1n) is 6.82. The number of aliphatic hydroxyl groups excluding tert-OH is 1. The van der Waals surface area contributed by atoms with Crippen LogP contribution in [0.1, 0.15) is 65.7 Å². The van der Waals surface area contributed by atoms with E-state index in [4.69, 9.17) is 5.73 Å². The fourth-order valence-electron chi connectivity index (χ4n) is 3.22. The Bertz CT molecular complexity index is 215. The van der Waals surface area contributed by atoms with Crippen molar-refractivity contribution in [1.82, 2.24) is 0 Å². The maximum absolute atomic E-state index is 9.29. The highest BCUT2D eigenvalue weighted by Gasteiger charge is 2.38. The molecule has 0 aromatic carbocycles. The summed E-state index contributed by atoms with van der Waals surface area (Å²) in [5.74, 6) is 0. The van der Waals surface area contributed by atoms with Crippen molar-refractivity contribution in [3.63, 3.8) is 0 Å². The van der Waals surface area contributed by atoms with Gasteiger partial charge in [-0.3, -0.25) is 0 Å². The fraction of sp³-hybridized carbons (Fsp3) is 1.00. The van der Waals surface area contributed by atoms with Crippen molar-refractivity contribution in [2.75, 3.05) is 6.61 Å². The molecule has 0 heterocycles. The molecule has 0 amide bonds. The molecule has 1 aliphatic rings. The van der Waals surface area contributed by atoms with Crippen LogP contribution in [-0.4, -0.2) is 17.8 Å². The smallest absolute Gasteiger partial charge is 0.0436 e. The topological polar surface area (TPSA) is 46.2 Å². The SMILES string of the molecule is CCC(N)C1(CCO)CCCC(C)(C)CC1. The Balaban J connectivity index is 2.77.